The van der Waals surface area contributed by atoms with Crippen LogP contribution < -0.4 is 0 Å². The Morgan fingerprint density at radius 2 is 2.45 bits per heavy atom. The number of ether oxygens (including phenoxy) is 1. The first-order valence-corrected chi connectivity index (χ1v) is 5.34. The molecule has 1 rings (SSSR count). The largest absolute Gasteiger partial charge is 0.363 e. The molecule has 1 unspecified atom stereocenters. The minimum absolute atomic E-state index is 0.404. The van der Waals surface area contributed by atoms with Crippen LogP contribution in [0.5, 0.6) is 0 Å². The number of rotatable bonds is 3. The van der Waals surface area contributed by atoms with Crippen LogP contribution in [0.3, 0.4) is 0 Å². The second-order valence-electron chi connectivity index (χ2n) is 2.66. The lowest BCUT2D eigenvalue weighted by Crippen LogP contribution is -2.32. The van der Waals surface area contributed by atoms with Crippen LogP contribution in [0, 0.1) is 0 Å². The molecule has 0 saturated carbocycles. The van der Waals surface area contributed by atoms with E-state index in [4.69, 9.17) is 15.4 Å². The Morgan fingerprint density at radius 1 is 1.64 bits per heavy atom. The van der Waals surface area contributed by atoms with Crippen molar-refractivity contribution in [1.29, 1.82) is 0 Å². The van der Waals surface area contributed by atoms with Gasteiger partial charge in [-0.15, -0.1) is 0 Å². The van der Waals surface area contributed by atoms with Crippen molar-refractivity contribution in [2.75, 3.05) is 6.61 Å². The zero-order valence-corrected chi connectivity index (χ0v) is 7.79. The highest BCUT2D eigenvalue weighted by Crippen LogP contribution is 2.40. The Kier molecular flexibility index (Phi) is 3.69. The van der Waals surface area contributed by atoms with Crippen LogP contribution in [0.15, 0.2) is 0 Å². The molecule has 0 amide bonds. The fourth-order valence-corrected chi connectivity index (χ4v) is 2.24. The number of carbonyl (C=O) groups excluding carboxylic acids is 1. The number of carbonyl (C=O) groups is 1. The van der Waals surface area contributed by atoms with Crippen molar-refractivity contribution in [3.63, 3.8) is 0 Å². The number of hydrogen-bond donors (Lipinski definition) is 0. The van der Waals surface area contributed by atoms with Gasteiger partial charge in [0.05, 0.1) is 0 Å². The molecule has 1 atom stereocenters. The highest BCUT2D eigenvalue weighted by molar-refractivity contribution is 8.22. The van der Waals surface area contributed by atoms with Crippen LogP contribution in [-0.2, 0) is 9.53 Å². The average Bonchev–Trinajstić information content (AvgIpc) is 2.07. The summed E-state index contributed by atoms with van der Waals surface area (Å²) in [5.41, 5.74) is 0. The standard InChI is InChI=1S/C7H11ClO2S/c8-11-7(4-5-9)3-1-2-6-10-7/h5H,1-4,6H2. The second-order valence-corrected chi connectivity index (χ2v) is 4.03. The molecular formula is C7H11ClO2S. The fraction of sp³-hybridized carbons (Fsp3) is 0.857. The van der Waals surface area contributed by atoms with E-state index in [-0.39, 0.29) is 0 Å². The van der Waals surface area contributed by atoms with Crippen molar-refractivity contribution in [3.05, 3.63) is 0 Å². The molecule has 1 heterocycles. The van der Waals surface area contributed by atoms with Crippen molar-refractivity contribution in [2.24, 2.45) is 0 Å². The zero-order chi connectivity index (χ0) is 8.16. The van der Waals surface area contributed by atoms with Crippen LogP contribution in [0.1, 0.15) is 25.7 Å². The number of halogens is 1. The third-order valence-corrected chi connectivity index (χ3v) is 3.47. The molecule has 0 N–H and O–H groups in total. The Balaban J connectivity index is 2.49. The minimum atomic E-state index is -0.415. The molecule has 0 aromatic rings. The quantitative estimate of drug-likeness (QED) is 0.646. The van der Waals surface area contributed by atoms with Crippen molar-refractivity contribution >= 4 is 27.9 Å². The van der Waals surface area contributed by atoms with Crippen molar-refractivity contribution < 1.29 is 9.53 Å². The van der Waals surface area contributed by atoms with Gasteiger partial charge in [0.1, 0.15) is 11.2 Å². The van der Waals surface area contributed by atoms with Gasteiger partial charge in [-0.1, -0.05) is 0 Å². The van der Waals surface area contributed by atoms with E-state index >= 15 is 0 Å². The molecule has 0 aromatic heterocycles. The normalized spacial score (nSPS) is 31.7. The molecule has 1 aliphatic rings. The molecule has 64 valence electrons. The van der Waals surface area contributed by atoms with Gasteiger partial charge < -0.3 is 9.53 Å². The van der Waals surface area contributed by atoms with E-state index in [0.717, 1.165) is 43.1 Å². The Hall–Kier alpha value is 0.270. The summed E-state index contributed by atoms with van der Waals surface area (Å²) in [4.78, 5) is 9.87. The van der Waals surface area contributed by atoms with Crippen LogP contribution in [0.2, 0.25) is 0 Å². The van der Waals surface area contributed by atoms with Gasteiger partial charge in [-0.25, -0.2) is 0 Å². The van der Waals surface area contributed by atoms with Gasteiger partial charge in [-0.2, -0.15) is 0 Å². The van der Waals surface area contributed by atoms with Gasteiger partial charge in [0.25, 0.3) is 0 Å². The smallest absolute Gasteiger partial charge is 0.134 e. The van der Waals surface area contributed by atoms with Gasteiger partial charge in [0.15, 0.2) is 0 Å². The third-order valence-electron chi connectivity index (χ3n) is 1.85. The maximum Gasteiger partial charge on any atom is 0.134 e. The van der Waals surface area contributed by atoms with Gasteiger partial charge in [0, 0.05) is 13.0 Å². The topological polar surface area (TPSA) is 26.3 Å². The lowest BCUT2D eigenvalue weighted by molar-refractivity contribution is -0.112. The summed E-state index contributed by atoms with van der Waals surface area (Å²) < 4.78 is 5.45. The Morgan fingerprint density at radius 3 is 2.91 bits per heavy atom. The molecule has 1 saturated heterocycles. The van der Waals surface area contributed by atoms with Gasteiger partial charge in [0.2, 0.25) is 0 Å². The van der Waals surface area contributed by atoms with Crippen molar-refractivity contribution in [2.45, 2.75) is 30.6 Å². The molecule has 11 heavy (non-hydrogen) atoms. The first-order valence-electron chi connectivity index (χ1n) is 3.70. The number of aldehydes is 1. The van der Waals surface area contributed by atoms with E-state index in [1.165, 1.54) is 0 Å². The van der Waals surface area contributed by atoms with Crippen molar-refractivity contribution in [3.8, 4) is 0 Å². The predicted molar refractivity (Wildman–Crippen MR) is 46.7 cm³/mol. The van der Waals surface area contributed by atoms with Crippen LogP contribution in [0.4, 0.5) is 0 Å². The molecule has 0 aliphatic carbocycles. The molecule has 1 fully saturated rings. The van der Waals surface area contributed by atoms with E-state index in [1.54, 1.807) is 0 Å². The highest BCUT2D eigenvalue weighted by atomic mass is 35.7. The van der Waals surface area contributed by atoms with Crippen molar-refractivity contribution in [1.82, 2.24) is 0 Å². The first-order chi connectivity index (χ1) is 5.33. The Labute approximate surface area is 75.1 Å². The summed E-state index contributed by atoms with van der Waals surface area (Å²) in [6.07, 6.45) is 4.35. The van der Waals surface area contributed by atoms with Gasteiger partial charge >= 0.3 is 0 Å². The molecule has 0 bridgehead atoms. The molecule has 2 nitrogen and oxygen atoms in total. The van der Waals surface area contributed by atoms with Crippen LogP contribution in [-0.4, -0.2) is 17.8 Å². The second kappa shape index (κ2) is 4.33. The summed E-state index contributed by atoms with van der Waals surface area (Å²) in [5.74, 6) is 0. The summed E-state index contributed by atoms with van der Waals surface area (Å²) in [6, 6.07) is 0. The maximum absolute atomic E-state index is 10.3. The van der Waals surface area contributed by atoms with E-state index in [1.807, 2.05) is 0 Å². The lowest BCUT2D eigenvalue weighted by Gasteiger charge is -2.32. The van der Waals surface area contributed by atoms with E-state index in [9.17, 15) is 4.79 Å². The summed E-state index contributed by atoms with van der Waals surface area (Å²) in [7, 11) is 6.79. The zero-order valence-electron chi connectivity index (χ0n) is 6.22. The molecule has 1 aliphatic heterocycles. The van der Waals surface area contributed by atoms with Crippen LogP contribution >= 0.6 is 21.7 Å². The van der Waals surface area contributed by atoms with Gasteiger partial charge in [-0.05, 0) is 40.9 Å². The average molecular weight is 195 g/mol. The van der Waals surface area contributed by atoms with E-state index < -0.39 is 4.93 Å². The van der Waals surface area contributed by atoms with Crippen LogP contribution in [0.25, 0.3) is 0 Å². The minimum Gasteiger partial charge on any atom is -0.363 e. The highest BCUT2D eigenvalue weighted by Gasteiger charge is 2.33. The molecular weight excluding hydrogens is 184 g/mol. The molecule has 4 heteroatoms. The third kappa shape index (κ3) is 2.36. The van der Waals surface area contributed by atoms with E-state index in [2.05, 4.69) is 0 Å². The molecule has 0 spiro atoms. The maximum atomic E-state index is 10.3. The monoisotopic (exact) mass is 194 g/mol. The number of hydrogen-bond acceptors (Lipinski definition) is 3. The van der Waals surface area contributed by atoms with Gasteiger partial charge in [-0.3, -0.25) is 0 Å². The lowest BCUT2D eigenvalue weighted by atomic mass is 10.1. The summed E-state index contributed by atoms with van der Waals surface area (Å²) >= 11 is 0. The predicted octanol–water partition coefficient (Wildman–Crippen LogP) is 2.36. The molecule has 0 radical (unpaired) electrons. The Bertz CT molecular complexity index is 134. The SMILES string of the molecule is O=CCC1(SCl)CCCCO1. The summed E-state index contributed by atoms with van der Waals surface area (Å²) in [5, 5.41) is 0. The van der Waals surface area contributed by atoms with E-state index in [0.29, 0.717) is 6.42 Å². The fourth-order valence-electron chi connectivity index (χ4n) is 1.21. The first kappa shape index (κ1) is 9.36. The molecule has 0 aromatic carbocycles. The summed E-state index contributed by atoms with van der Waals surface area (Å²) in [6.45, 7) is 0.730.